The Morgan fingerprint density at radius 2 is 2.06 bits per heavy atom. The molecule has 0 saturated carbocycles. The fourth-order valence-corrected chi connectivity index (χ4v) is 1.77. The van der Waals surface area contributed by atoms with Gasteiger partial charge in [-0.05, 0) is 25.5 Å². The highest BCUT2D eigenvalue weighted by Gasteiger charge is 2.00. The van der Waals surface area contributed by atoms with Gasteiger partial charge in [0.15, 0.2) is 0 Å². The van der Waals surface area contributed by atoms with Gasteiger partial charge < -0.3 is 5.32 Å². The van der Waals surface area contributed by atoms with Crippen LogP contribution in [-0.2, 0) is 19.5 Å². The molecule has 2 aromatic rings. The summed E-state index contributed by atoms with van der Waals surface area (Å²) in [7, 11) is 0. The van der Waals surface area contributed by atoms with Crippen molar-refractivity contribution in [1.29, 1.82) is 0 Å². The molecule has 0 fully saturated rings. The molecule has 0 unspecified atom stereocenters. The van der Waals surface area contributed by atoms with Gasteiger partial charge in [0.1, 0.15) is 12.2 Å². The second kappa shape index (κ2) is 6.15. The predicted octanol–water partition coefficient (Wildman–Crippen LogP) is 1.63. The Balaban J connectivity index is 1.73. The molecule has 2 rings (SSSR count). The molecule has 1 heterocycles. The minimum atomic E-state index is 0.778. The van der Waals surface area contributed by atoms with Crippen molar-refractivity contribution in [3.05, 3.63) is 48.0 Å². The van der Waals surface area contributed by atoms with Crippen LogP contribution < -0.4 is 5.32 Å². The van der Waals surface area contributed by atoms with Crippen LogP contribution >= 0.6 is 0 Å². The normalized spacial score (nSPS) is 10.6. The first-order chi connectivity index (χ1) is 8.40. The molecule has 1 aromatic carbocycles. The van der Waals surface area contributed by atoms with E-state index in [0.29, 0.717) is 0 Å². The molecule has 0 spiro atoms. The maximum Gasteiger partial charge on any atom is 0.140 e. The number of hydrogen-bond donors (Lipinski definition) is 1. The quantitative estimate of drug-likeness (QED) is 0.767. The number of nitrogens with zero attached hydrogens (tertiary/aromatic N) is 3. The molecule has 0 atom stereocenters. The van der Waals surface area contributed by atoms with Crippen molar-refractivity contribution in [3.63, 3.8) is 0 Å². The molecule has 1 aromatic heterocycles. The van der Waals surface area contributed by atoms with Crippen molar-refractivity contribution < 1.29 is 0 Å². The molecule has 0 amide bonds. The summed E-state index contributed by atoms with van der Waals surface area (Å²) in [6, 6.07) is 10.5. The van der Waals surface area contributed by atoms with Crippen LogP contribution in [0.15, 0.2) is 36.7 Å². The van der Waals surface area contributed by atoms with Crippen molar-refractivity contribution in [2.75, 3.05) is 6.54 Å². The van der Waals surface area contributed by atoms with Crippen LogP contribution in [0.4, 0.5) is 0 Å². The molecule has 0 saturated heterocycles. The van der Waals surface area contributed by atoms with E-state index in [1.807, 2.05) is 10.7 Å². The summed E-state index contributed by atoms with van der Waals surface area (Å²) < 4.78 is 1.91. The van der Waals surface area contributed by atoms with Gasteiger partial charge >= 0.3 is 0 Å². The summed E-state index contributed by atoms with van der Waals surface area (Å²) in [5.41, 5.74) is 1.36. The molecule has 0 aliphatic rings. The molecular formula is C13H18N4. The molecule has 0 aliphatic carbocycles. The topological polar surface area (TPSA) is 42.7 Å². The third-order valence-corrected chi connectivity index (χ3v) is 2.71. The van der Waals surface area contributed by atoms with Gasteiger partial charge in [-0.15, -0.1) is 0 Å². The molecule has 4 heteroatoms. The molecule has 17 heavy (non-hydrogen) atoms. The number of aromatic nitrogens is 3. The van der Waals surface area contributed by atoms with Crippen LogP contribution in [0.5, 0.6) is 0 Å². The number of benzene rings is 1. The Labute approximate surface area is 102 Å². The lowest BCUT2D eigenvalue weighted by Crippen LogP contribution is -2.19. The third kappa shape index (κ3) is 3.39. The maximum absolute atomic E-state index is 4.22. The van der Waals surface area contributed by atoms with E-state index in [9.17, 15) is 0 Å². The van der Waals surface area contributed by atoms with Crippen LogP contribution in [0.2, 0.25) is 0 Å². The zero-order valence-corrected chi connectivity index (χ0v) is 10.1. The molecule has 1 N–H and O–H groups in total. The standard InChI is InChI=1S/C13H18N4/c1-2-17-13(15-11-16-17)10-14-9-8-12-6-4-3-5-7-12/h3-7,11,14H,2,8-10H2,1H3. The Hall–Kier alpha value is -1.68. The zero-order chi connectivity index (χ0) is 11.9. The number of nitrogens with one attached hydrogen (secondary N) is 1. The SMILES string of the molecule is CCn1ncnc1CNCCc1ccccc1. The van der Waals surface area contributed by atoms with E-state index < -0.39 is 0 Å². The first kappa shape index (κ1) is 11.8. The molecule has 0 bridgehead atoms. The van der Waals surface area contributed by atoms with Crippen molar-refractivity contribution in [3.8, 4) is 0 Å². The van der Waals surface area contributed by atoms with Crippen LogP contribution in [0.25, 0.3) is 0 Å². The van der Waals surface area contributed by atoms with E-state index >= 15 is 0 Å². The summed E-state index contributed by atoms with van der Waals surface area (Å²) in [5.74, 6) is 1.00. The molecule has 0 radical (unpaired) electrons. The predicted molar refractivity (Wildman–Crippen MR) is 67.5 cm³/mol. The van der Waals surface area contributed by atoms with Crippen molar-refractivity contribution in [1.82, 2.24) is 20.1 Å². The van der Waals surface area contributed by atoms with Crippen LogP contribution in [0, 0.1) is 0 Å². The number of aryl methyl sites for hydroxylation is 1. The molecule has 90 valence electrons. The highest BCUT2D eigenvalue weighted by Crippen LogP contribution is 1.99. The Bertz CT molecular complexity index is 436. The van der Waals surface area contributed by atoms with Gasteiger partial charge in [-0.3, -0.25) is 0 Å². The largest absolute Gasteiger partial charge is 0.310 e. The van der Waals surface area contributed by atoms with Crippen molar-refractivity contribution in [2.45, 2.75) is 26.4 Å². The Morgan fingerprint density at radius 3 is 2.82 bits per heavy atom. The Kier molecular flexibility index (Phi) is 4.27. The van der Waals surface area contributed by atoms with Gasteiger partial charge in [0.05, 0.1) is 6.54 Å². The first-order valence-electron chi connectivity index (χ1n) is 6.01. The summed E-state index contributed by atoms with van der Waals surface area (Å²) in [6.45, 7) is 4.68. The molecule has 4 nitrogen and oxygen atoms in total. The van der Waals surface area contributed by atoms with Crippen molar-refractivity contribution in [2.24, 2.45) is 0 Å². The van der Waals surface area contributed by atoms with E-state index in [4.69, 9.17) is 0 Å². The number of rotatable bonds is 6. The van der Waals surface area contributed by atoms with E-state index in [1.165, 1.54) is 5.56 Å². The highest BCUT2D eigenvalue weighted by atomic mass is 15.3. The van der Waals surface area contributed by atoms with Gasteiger partial charge in [-0.25, -0.2) is 9.67 Å². The third-order valence-electron chi connectivity index (χ3n) is 2.71. The fraction of sp³-hybridized carbons (Fsp3) is 0.385. The number of hydrogen-bond acceptors (Lipinski definition) is 3. The fourth-order valence-electron chi connectivity index (χ4n) is 1.77. The van der Waals surface area contributed by atoms with E-state index in [2.05, 4.69) is 46.6 Å². The van der Waals surface area contributed by atoms with Gasteiger partial charge in [-0.1, -0.05) is 30.3 Å². The maximum atomic E-state index is 4.22. The van der Waals surface area contributed by atoms with Gasteiger partial charge in [0.25, 0.3) is 0 Å². The summed E-state index contributed by atoms with van der Waals surface area (Å²) in [4.78, 5) is 4.22. The van der Waals surface area contributed by atoms with Crippen LogP contribution in [-0.4, -0.2) is 21.3 Å². The average Bonchev–Trinajstić information content (AvgIpc) is 2.83. The van der Waals surface area contributed by atoms with Crippen molar-refractivity contribution >= 4 is 0 Å². The van der Waals surface area contributed by atoms with Gasteiger partial charge in [-0.2, -0.15) is 5.10 Å². The minimum Gasteiger partial charge on any atom is -0.310 e. The van der Waals surface area contributed by atoms with Crippen LogP contribution in [0.3, 0.4) is 0 Å². The highest BCUT2D eigenvalue weighted by molar-refractivity contribution is 5.14. The molecule has 0 aliphatic heterocycles. The summed E-state index contributed by atoms with van der Waals surface area (Å²) in [5, 5.41) is 7.52. The Morgan fingerprint density at radius 1 is 1.24 bits per heavy atom. The monoisotopic (exact) mass is 230 g/mol. The van der Waals surface area contributed by atoms with Gasteiger partial charge in [0.2, 0.25) is 0 Å². The van der Waals surface area contributed by atoms with E-state index in [1.54, 1.807) is 6.33 Å². The first-order valence-corrected chi connectivity index (χ1v) is 6.01. The lowest BCUT2D eigenvalue weighted by atomic mass is 10.1. The van der Waals surface area contributed by atoms with E-state index in [0.717, 1.165) is 31.9 Å². The zero-order valence-electron chi connectivity index (χ0n) is 10.1. The summed E-state index contributed by atoms with van der Waals surface area (Å²) in [6.07, 6.45) is 2.65. The summed E-state index contributed by atoms with van der Waals surface area (Å²) >= 11 is 0. The lowest BCUT2D eigenvalue weighted by molar-refractivity contribution is 0.573. The minimum absolute atomic E-state index is 0.778. The molecular weight excluding hydrogens is 212 g/mol. The van der Waals surface area contributed by atoms with Gasteiger partial charge in [0, 0.05) is 6.54 Å². The lowest BCUT2D eigenvalue weighted by Gasteiger charge is -2.05. The second-order valence-corrected chi connectivity index (χ2v) is 3.90. The second-order valence-electron chi connectivity index (χ2n) is 3.90. The van der Waals surface area contributed by atoms with E-state index in [-0.39, 0.29) is 0 Å². The smallest absolute Gasteiger partial charge is 0.140 e. The average molecular weight is 230 g/mol. The van der Waals surface area contributed by atoms with Crippen LogP contribution in [0.1, 0.15) is 18.3 Å².